The average Bonchev–Trinajstić information content (AvgIpc) is 3.45. The molecule has 2 heterocycles. The highest BCUT2D eigenvalue weighted by Gasteiger charge is 2.51. The van der Waals surface area contributed by atoms with Crippen molar-refractivity contribution in [3.8, 4) is 17.6 Å². The van der Waals surface area contributed by atoms with Crippen molar-refractivity contribution in [2.24, 2.45) is 0 Å². The molecule has 0 spiro atoms. The number of benzene rings is 2. The molecule has 0 radical (unpaired) electrons. The molecule has 1 aliphatic heterocycles. The Morgan fingerprint density at radius 2 is 1.62 bits per heavy atom. The van der Waals surface area contributed by atoms with Crippen molar-refractivity contribution in [1.29, 1.82) is 5.26 Å². The van der Waals surface area contributed by atoms with Crippen molar-refractivity contribution in [3.05, 3.63) is 97.3 Å². The number of nitriles is 1. The molecule has 1 unspecified atom stereocenters. The first kappa shape index (κ1) is 44.5. The number of aromatic amines is 1. The Morgan fingerprint density at radius 3 is 2.21 bits per heavy atom. The van der Waals surface area contributed by atoms with E-state index in [4.69, 9.17) is 42.5 Å². The molecule has 1 aromatic heterocycles. The third-order valence-electron chi connectivity index (χ3n) is 7.55. The van der Waals surface area contributed by atoms with Gasteiger partial charge in [-0.1, -0.05) is 12.1 Å². The summed E-state index contributed by atoms with van der Waals surface area (Å²) in [7, 11) is -2.30. The van der Waals surface area contributed by atoms with E-state index in [1.807, 2.05) is 6.07 Å². The van der Waals surface area contributed by atoms with Crippen LogP contribution in [-0.4, -0.2) is 81.6 Å². The molecule has 22 heteroatoms. The maximum absolute atomic E-state index is 13.2. The number of nitrogens with one attached hydrogen (secondary N) is 2. The number of hydrogen-bond acceptors (Lipinski definition) is 17. The number of H-pyrrole nitrogens is 1. The number of nitrogens with zero attached hydrogens (tertiary/aromatic N) is 3. The molecule has 0 saturated carbocycles. The fraction of sp³-hybridized carbons (Fsp3) is 0.417. The topological polar surface area (TPSA) is 276 Å². The maximum atomic E-state index is 13.2. The van der Waals surface area contributed by atoms with Gasteiger partial charge < -0.3 is 38.0 Å². The highest BCUT2D eigenvalue weighted by atomic mass is 31.2. The highest BCUT2D eigenvalue weighted by Crippen LogP contribution is 2.43. The Bertz CT molecular complexity index is 2090. The van der Waals surface area contributed by atoms with Crippen LogP contribution in [0.5, 0.6) is 11.5 Å². The second-order valence-electron chi connectivity index (χ2n) is 13.3. The smallest absolute Gasteiger partial charge is 0.408 e. The lowest BCUT2D eigenvalue weighted by Crippen LogP contribution is -2.46. The van der Waals surface area contributed by atoms with Crippen LogP contribution < -0.4 is 25.8 Å². The number of non-ortho nitro benzene ring substituents is 1. The van der Waals surface area contributed by atoms with E-state index < -0.39 is 91.6 Å². The van der Waals surface area contributed by atoms with E-state index >= 15 is 0 Å². The van der Waals surface area contributed by atoms with Crippen LogP contribution in [0.3, 0.4) is 0 Å². The second-order valence-corrected chi connectivity index (χ2v) is 14.4. The van der Waals surface area contributed by atoms with Crippen LogP contribution in [0.4, 0.5) is 10.5 Å². The number of carbonyl (C=O) groups is 4. The lowest BCUT2D eigenvalue weighted by Gasteiger charge is -2.24. The third-order valence-corrected chi connectivity index (χ3v) is 8.67. The van der Waals surface area contributed by atoms with Crippen molar-refractivity contribution in [2.75, 3.05) is 13.2 Å². The zero-order chi connectivity index (χ0) is 42.6. The average molecular weight is 830 g/mol. The Hall–Kier alpha value is -6.20. The van der Waals surface area contributed by atoms with Crippen LogP contribution in [0.1, 0.15) is 52.8 Å². The molecule has 1 fully saturated rings. The summed E-state index contributed by atoms with van der Waals surface area (Å²) in [6.07, 6.45) is -5.07. The lowest BCUT2D eigenvalue weighted by atomic mass is 10.1. The van der Waals surface area contributed by atoms with E-state index in [1.165, 1.54) is 24.3 Å². The zero-order valence-electron chi connectivity index (χ0n) is 31.8. The van der Waals surface area contributed by atoms with Crippen LogP contribution in [0.2, 0.25) is 0 Å². The number of esters is 3. The lowest BCUT2D eigenvalue weighted by molar-refractivity contribution is -0.384. The van der Waals surface area contributed by atoms with E-state index in [-0.39, 0.29) is 36.6 Å². The number of nitro benzene ring substituents is 1. The van der Waals surface area contributed by atoms with Gasteiger partial charge in [0.1, 0.15) is 29.2 Å². The number of aromatic nitrogens is 2. The Labute approximate surface area is 331 Å². The van der Waals surface area contributed by atoms with Crippen molar-refractivity contribution in [2.45, 2.75) is 83.6 Å². The summed E-state index contributed by atoms with van der Waals surface area (Å²) in [4.78, 5) is 86.9. The van der Waals surface area contributed by atoms with Crippen molar-refractivity contribution in [3.63, 3.8) is 0 Å². The molecular weight excluding hydrogens is 789 g/mol. The van der Waals surface area contributed by atoms with E-state index in [0.717, 1.165) is 42.8 Å². The number of amides is 1. The Kier molecular flexibility index (Phi) is 15.6. The number of ether oxygens (including phenoxy) is 5. The molecular formula is C36H40N5O16P. The number of carbonyl (C=O) groups excluding carboxylic acids is 4. The summed E-state index contributed by atoms with van der Waals surface area (Å²) in [5.41, 5.74) is -2.15. The number of alkyl carbamates (subject to hydrolysis) is 1. The summed E-state index contributed by atoms with van der Waals surface area (Å²) in [6, 6.07) is 12.7. The van der Waals surface area contributed by atoms with Gasteiger partial charge in [0, 0.05) is 44.7 Å². The SMILES string of the molecule is CC(=O)O[C@@H]1[C@H](OC(C)=O)[C@@H](COP(OCCC#N)Oc2ccc(C[C@H](NC(=O)OC(C)(C)C)C(=O)Oc3ccc([N+](=O)[O-])cc3)cc2)O[C@H]1n1ccc(=O)[nH]c1=O. The molecule has 21 nitrogen and oxygen atoms in total. The molecule has 2 aromatic carbocycles. The molecule has 0 aliphatic carbocycles. The molecule has 1 aliphatic rings. The minimum Gasteiger partial charge on any atom is -0.456 e. The molecule has 1 saturated heterocycles. The van der Waals surface area contributed by atoms with Gasteiger partial charge in [0.15, 0.2) is 18.4 Å². The van der Waals surface area contributed by atoms with Gasteiger partial charge in [0.05, 0.1) is 30.6 Å². The van der Waals surface area contributed by atoms with Crippen LogP contribution in [0.15, 0.2) is 70.4 Å². The first-order valence-corrected chi connectivity index (χ1v) is 18.5. The van der Waals surface area contributed by atoms with Gasteiger partial charge in [-0.3, -0.25) is 38.6 Å². The molecule has 3 aromatic rings. The van der Waals surface area contributed by atoms with Crippen LogP contribution in [0.25, 0.3) is 0 Å². The van der Waals surface area contributed by atoms with Gasteiger partial charge in [0.25, 0.3) is 11.2 Å². The second kappa shape index (κ2) is 20.3. The van der Waals surface area contributed by atoms with Gasteiger partial charge in [-0.25, -0.2) is 14.4 Å². The highest BCUT2D eigenvalue weighted by molar-refractivity contribution is 7.42. The monoisotopic (exact) mass is 829 g/mol. The normalized spacial score (nSPS) is 18.5. The Morgan fingerprint density at radius 1 is 0.983 bits per heavy atom. The van der Waals surface area contributed by atoms with Crippen molar-refractivity contribution in [1.82, 2.24) is 14.9 Å². The van der Waals surface area contributed by atoms with E-state index in [1.54, 1.807) is 32.9 Å². The molecule has 1 amide bonds. The summed E-state index contributed by atoms with van der Waals surface area (Å²) in [5, 5.41) is 22.6. The predicted octanol–water partition coefficient (Wildman–Crippen LogP) is 3.50. The summed E-state index contributed by atoms with van der Waals surface area (Å²) in [6.45, 7) is 6.63. The van der Waals surface area contributed by atoms with Gasteiger partial charge in [-0.15, -0.1) is 0 Å². The molecule has 4 rings (SSSR count). The first-order chi connectivity index (χ1) is 27.4. The van der Waals surface area contributed by atoms with Crippen LogP contribution in [-0.2, 0) is 48.8 Å². The minimum absolute atomic E-state index is 0.00464. The Balaban J connectivity index is 1.51. The number of nitro groups is 1. The van der Waals surface area contributed by atoms with E-state index in [0.29, 0.717) is 5.56 Å². The van der Waals surface area contributed by atoms with Crippen LogP contribution in [0, 0.1) is 21.4 Å². The number of hydrogen-bond donors (Lipinski definition) is 2. The van der Waals surface area contributed by atoms with E-state index in [2.05, 4.69) is 10.3 Å². The standard InChI is InChI=1S/C36H40N5O16P/c1-21(42)52-30-28(55-32(31(30)53-22(2)43)40-17-15-29(44)39-34(40)46)20-51-58(50-18-6-16-37)57-26-11-7-23(8-12-26)19-27(38-35(47)56-36(3,4)5)33(45)54-25-13-9-24(10-14-25)41(48)49/h7-15,17,27-28,30-32H,6,18-20H2,1-5H3,(H,38,47)(H,39,44,46)/t27-,28+,30+,31+,32+,58?/m0/s1. The summed E-state index contributed by atoms with van der Waals surface area (Å²) < 4.78 is 46.1. The third kappa shape index (κ3) is 13.5. The van der Waals surface area contributed by atoms with Gasteiger partial charge in [-0.2, -0.15) is 5.26 Å². The molecule has 6 atom stereocenters. The summed E-state index contributed by atoms with van der Waals surface area (Å²) >= 11 is 0. The van der Waals surface area contributed by atoms with Crippen molar-refractivity contribution >= 4 is 38.3 Å². The quantitative estimate of drug-likeness (QED) is 0.0375. The molecule has 58 heavy (non-hydrogen) atoms. The minimum atomic E-state index is -2.30. The fourth-order valence-corrected chi connectivity index (χ4v) is 6.19. The predicted molar refractivity (Wildman–Crippen MR) is 198 cm³/mol. The molecule has 2 N–H and O–H groups in total. The molecule has 310 valence electrons. The first-order valence-electron chi connectivity index (χ1n) is 17.4. The van der Waals surface area contributed by atoms with Crippen molar-refractivity contribution < 1.29 is 61.4 Å². The number of rotatable bonds is 17. The fourth-order valence-electron chi connectivity index (χ4n) is 5.21. The summed E-state index contributed by atoms with van der Waals surface area (Å²) in [5.74, 6) is -2.22. The maximum Gasteiger partial charge on any atom is 0.408 e. The van der Waals surface area contributed by atoms with Gasteiger partial charge >= 0.3 is 38.3 Å². The van der Waals surface area contributed by atoms with Gasteiger partial charge in [0.2, 0.25) is 0 Å². The molecule has 0 bridgehead atoms. The van der Waals surface area contributed by atoms with E-state index in [9.17, 15) is 38.9 Å². The van der Waals surface area contributed by atoms with Gasteiger partial charge in [-0.05, 0) is 50.6 Å². The largest absolute Gasteiger partial charge is 0.456 e. The van der Waals surface area contributed by atoms with Crippen LogP contribution >= 0.6 is 8.60 Å². The zero-order valence-corrected chi connectivity index (χ0v) is 32.7.